The third-order valence-electron chi connectivity index (χ3n) is 3.80. The highest BCUT2D eigenvalue weighted by Gasteiger charge is 2.29. The number of likely N-dealkylation sites (tertiary alicyclic amines) is 1. The molecule has 1 aromatic heterocycles. The van der Waals surface area contributed by atoms with Crippen LogP contribution in [-0.2, 0) is 17.9 Å². The van der Waals surface area contributed by atoms with Crippen LogP contribution in [0.15, 0.2) is 48.7 Å². The number of amides is 1. The van der Waals surface area contributed by atoms with Crippen molar-refractivity contribution in [3.05, 3.63) is 65.7 Å². The molecule has 4 nitrogen and oxygen atoms in total. The molecule has 0 radical (unpaired) electrons. The Morgan fingerprint density at radius 3 is 2.77 bits per heavy atom. The van der Waals surface area contributed by atoms with Crippen LogP contribution in [0.2, 0.25) is 0 Å². The van der Waals surface area contributed by atoms with Crippen LogP contribution >= 0.6 is 0 Å². The summed E-state index contributed by atoms with van der Waals surface area (Å²) in [6, 6.07) is 12.2. The maximum atomic E-state index is 12.9. The maximum absolute atomic E-state index is 12.9. The number of carbonyl (C=O) groups excluding carboxylic acids is 1. The summed E-state index contributed by atoms with van der Waals surface area (Å²) in [5.41, 5.74) is 1.91. The van der Waals surface area contributed by atoms with E-state index < -0.39 is 0 Å². The van der Waals surface area contributed by atoms with Gasteiger partial charge in [0, 0.05) is 38.3 Å². The highest BCUT2D eigenvalue weighted by Crippen LogP contribution is 2.15. The Morgan fingerprint density at radius 2 is 2.05 bits per heavy atom. The van der Waals surface area contributed by atoms with E-state index in [1.54, 1.807) is 18.3 Å². The fraction of sp³-hybridized carbons (Fsp3) is 0.294. The molecule has 1 amide bonds. The summed E-state index contributed by atoms with van der Waals surface area (Å²) in [5.74, 6) is -0.130. The lowest BCUT2D eigenvalue weighted by atomic mass is 10.2. The van der Waals surface area contributed by atoms with Gasteiger partial charge in [-0.1, -0.05) is 18.2 Å². The molecule has 0 bridgehead atoms. The van der Waals surface area contributed by atoms with Crippen molar-refractivity contribution in [2.24, 2.45) is 0 Å². The van der Waals surface area contributed by atoms with E-state index in [0.29, 0.717) is 26.1 Å². The zero-order valence-electron chi connectivity index (χ0n) is 12.2. The fourth-order valence-corrected chi connectivity index (χ4v) is 2.62. The van der Waals surface area contributed by atoms with Gasteiger partial charge in [-0.25, -0.2) is 4.39 Å². The summed E-state index contributed by atoms with van der Waals surface area (Å²) in [7, 11) is 0. The fourth-order valence-electron chi connectivity index (χ4n) is 2.62. The number of pyridine rings is 1. The Morgan fingerprint density at radius 1 is 1.23 bits per heavy atom. The number of nitrogens with zero attached hydrogens (tertiary/aromatic N) is 2. The zero-order chi connectivity index (χ0) is 15.4. The molecule has 0 spiro atoms. The van der Waals surface area contributed by atoms with Crippen LogP contribution in [0.4, 0.5) is 4.39 Å². The number of carbonyl (C=O) groups is 1. The summed E-state index contributed by atoms with van der Waals surface area (Å²) in [5, 5.41) is 3.37. The van der Waals surface area contributed by atoms with E-state index in [0.717, 1.165) is 11.3 Å². The monoisotopic (exact) mass is 299 g/mol. The minimum absolute atomic E-state index is 0.128. The zero-order valence-corrected chi connectivity index (χ0v) is 12.2. The van der Waals surface area contributed by atoms with Crippen LogP contribution in [0.1, 0.15) is 17.7 Å². The van der Waals surface area contributed by atoms with E-state index in [2.05, 4.69) is 10.3 Å². The van der Waals surface area contributed by atoms with E-state index in [9.17, 15) is 9.18 Å². The molecule has 2 heterocycles. The van der Waals surface area contributed by atoms with Crippen molar-refractivity contribution in [2.45, 2.75) is 25.6 Å². The summed E-state index contributed by atoms with van der Waals surface area (Å²) < 4.78 is 12.9. The largest absolute Gasteiger partial charge is 0.337 e. The van der Waals surface area contributed by atoms with Gasteiger partial charge in [0.2, 0.25) is 5.91 Å². The summed E-state index contributed by atoms with van der Waals surface area (Å²) >= 11 is 0. The lowest BCUT2D eigenvalue weighted by Gasteiger charge is -2.17. The Hall–Kier alpha value is -2.27. The Balaban J connectivity index is 1.53. The molecule has 1 aliphatic heterocycles. The van der Waals surface area contributed by atoms with Gasteiger partial charge in [0.15, 0.2) is 0 Å². The molecule has 1 aliphatic rings. The first-order valence-corrected chi connectivity index (χ1v) is 7.36. The quantitative estimate of drug-likeness (QED) is 0.920. The molecule has 1 atom stereocenters. The van der Waals surface area contributed by atoms with E-state index >= 15 is 0 Å². The lowest BCUT2D eigenvalue weighted by Crippen LogP contribution is -2.32. The third-order valence-corrected chi connectivity index (χ3v) is 3.80. The molecule has 1 aromatic carbocycles. The molecule has 5 heteroatoms. The average molecular weight is 299 g/mol. The first-order chi connectivity index (χ1) is 10.7. The summed E-state index contributed by atoms with van der Waals surface area (Å²) in [6.07, 6.45) is 2.26. The number of nitrogens with one attached hydrogen (secondary N) is 1. The SMILES string of the molecule is O=C1CC(NCc2ccccn2)CN1Cc1ccc(F)cc1. The van der Waals surface area contributed by atoms with E-state index in [1.165, 1.54) is 12.1 Å². The van der Waals surface area contributed by atoms with Crippen molar-refractivity contribution in [2.75, 3.05) is 6.54 Å². The molecule has 1 fully saturated rings. The van der Waals surface area contributed by atoms with Gasteiger partial charge in [-0.3, -0.25) is 9.78 Å². The Labute approximate surface area is 129 Å². The number of halogens is 1. The van der Waals surface area contributed by atoms with Crippen LogP contribution in [-0.4, -0.2) is 28.4 Å². The number of benzene rings is 1. The minimum atomic E-state index is -0.258. The van der Waals surface area contributed by atoms with Crippen LogP contribution in [0, 0.1) is 5.82 Å². The molecular weight excluding hydrogens is 281 g/mol. The molecule has 3 rings (SSSR count). The molecule has 1 unspecified atom stereocenters. The van der Waals surface area contributed by atoms with Crippen molar-refractivity contribution in [1.82, 2.24) is 15.2 Å². The van der Waals surface area contributed by atoms with Gasteiger partial charge < -0.3 is 10.2 Å². The van der Waals surface area contributed by atoms with Gasteiger partial charge in [0.1, 0.15) is 5.82 Å². The van der Waals surface area contributed by atoms with Gasteiger partial charge in [0.25, 0.3) is 0 Å². The van der Waals surface area contributed by atoms with Gasteiger partial charge in [-0.2, -0.15) is 0 Å². The Kier molecular flexibility index (Phi) is 4.44. The summed E-state index contributed by atoms with van der Waals surface area (Å²) in [6.45, 7) is 1.85. The molecule has 22 heavy (non-hydrogen) atoms. The normalized spacial score (nSPS) is 18.0. The highest BCUT2D eigenvalue weighted by molar-refractivity contribution is 5.79. The highest BCUT2D eigenvalue weighted by atomic mass is 19.1. The molecule has 1 saturated heterocycles. The topological polar surface area (TPSA) is 45.2 Å². The van der Waals surface area contributed by atoms with Gasteiger partial charge in [-0.05, 0) is 29.8 Å². The molecule has 0 aliphatic carbocycles. The van der Waals surface area contributed by atoms with Gasteiger partial charge in [0.05, 0.1) is 5.69 Å². The van der Waals surface area contributed by atoms with Crippen molar-refractivity contribution in [3.63, 3.8) is 0 Å². The standard InChI is InChI=1S/C17H18FN3O/c18-14-6-4-13(5-7-14)11-21-12-16(9-17(21)22)20-10-15-3-1-2-8-19-15/h1-8,16,20H,9-12H2. The van der Waals surface area contributed by atoms with Gasteiger partial charge in [-0.15, -0.1) is 0 Å². The van der Waals surface area contributed by atoms with E-state index in [4.69, 9.17) is 0 Å². The summed E-state index contributed by atoms with van der Waals surface area (Å²) in [4.78, 5) is 18.1. The predicted octanol–water partition coefficient (Wildman–Crippen LogP) is 2.11. The second-order valence-electron chi connectivity index (χ2n) is 5.50. The smallest absolute Gasteiger partial charge is 0.224 e. The van der Waals surface area contributed by atoms with Crippen molar-refractivity contribution in [1.29, 1.82) is 0 Å². The Bertz CT molecular complexity index is 630. The first kappa shape index (κ1) is 14.7. The van der Waals surface area contributed by atoms with Crippen molar-refractivity contribution in [3.8, 4) is 0 Å². The third kappa shape index (κ3) is 3.68. The first-order valence-electron chi connectivity index (χ1n) is 7.36. The molecule has 2 aromatic rings. The molecular formula is C17H18FN3O. The molecule has 114 valence electrons. The van der Waals surface area contributed by atoms with Crippen LogP contribution in [0.5, 0.6) is 0 Å². The lowest BCUT2D eigenvalue weighted by molar-refractivity contribution is -0.128. The maximum Gasteiger partial charge on any atom is 0.224 e. The second kappa shape index (κ2) is 6.66. The molecule has 1 N–H and O–H groups in total. The van der Waals surface area contributed by atoms with Gasteiger partial charge >= 0.3 is 0 Å². The minimum Gasteiger partial charge on any atom is -0.337 e. The van der Waals surface area contributed by atoms with Crippen LogP contribution < -0.4 is 5.32 Å². The van der Waals surface area contributed by atoms with Crippen LogP contribution in [0.3, 0.4) is 0 Å². The van der Waals surface area contributed by atoms with Crippen molar-refractivity contribution < 1.29 is 9.18 Å². The average Bonchev–Trinajstić information content (AvgIpc) is 2.89. The molecule has 0 saturated carbocycles. The van der Waals surface area contributed by atoms with E-state index in [-0.39, 0.29) is 17.8 Å². The second-order valence-corrected chi connectivity index (χ2v) is 5.50. The predicted molar refractivity (Wildman–Crippen MR) is 81.3 cm³/mol. The van der Waals surface area contributed by atoms with Crippen LogP contribution in [0.25, 0.3) is 0 Å². The van der Waals surface area contributed by atoms with Crippen molar-refractivity contribution >= 4 is 5.91 Å². The number of aromatic nitrogens is 1. The number of rotatable bonds is 5. The van der Waals surface area contributed by atoms with E-state index in [1.807, 2.05) is 23.1 Å². The number of hydrogen-bond donors (Lipinski definition) is 1. The number of hydrogen-bond acceptors (Lipinski definition) is 3.